The normalized spacial score (nSPS) is 11.4. The fourth-order valence-electron chi connectivity index (χ4n) is 4.87. The summed E-state index contributed by atoms with van der Waals surface area (Å²) in [6.07, 6.45) is 5.30. The molecule has 0 bridgehead atoms. The van der Waals surface area contributed by atoms with Crippen LogP contribution in [0, 0.1) is 52.3 Å². The molecule has 0 N–H and O–H groups in total. The molecule has 0 fully saturated rings. The van der Waals surface area contributed by atoms with Crippen molar-refractivity contribution in [2.75, 3.05) is 0 Å². The summed E-state index contributed by atoms with van der Waals surface area (Å²) >= 11 is 0. The van der Waals surface area contributed by atoms with E-state index in [1.54, 1.807) is 0 Å². The van der Waals surface area contributed by atoms with Crippen molar-refractivity contribution in [3.8, 4) is 0 Å². The maximum atomic E-state index is 2.41. The Balaban J connectivity index is -0.0000000597. The molecule has 0 atom stereocenters. The summed E-state index contributed by atoms with van der Waals surface area (Å²) < 4.78 is 0. The molecule has 0 heterocycles. The molecule has 0 unspecified atom stereocenters. The van der Waals surface area contributed by atoms with Crippen molar-refractivity contribution in [1.82, 2.24) is 0 Å². The predicted octanol–water partition coefficient (Wildman–Crippen LogP) is 13.0. The molecule has 0 spiro atoms. The Hall–Kier alpha value is 2.44. The monoisotopic (exact) mass is 819 g/mol. The van der Waals surface area contributed by atoms with Crippen molar-refractivity contribution in [1.29, 1.82) is 0 Å². The van der Waals surface area contributed by atoms with Crippen LogP contribution >= 0.6 is 0 Å². The second-order valence-electron chi connectivity index (χ2n) is 16.9. The second kappa shape index (κ2) is 28.2. The summed E-state index contributed by atoms with van der Waals surface area (Å²) in [5.41, 5.74) is 2.00. The summed E-state index contributed by atoms with van der Waals surface area (Å²) in [6.45, 7) is 47.7. The standard InChI is InChI=1S/C21H44.3C4H9.CH3.3V.W/c1-17(2,3)13-21(14-18(4,5)6,15-19(7,8)9)16-20(10,11)12;3*1-4(2)3;;;;;/h13-16H2,1-12H3;3*1-3H3;1H3;;;;/q;4*-1;;;+2;. The molecule has 0 aromatic carbocycles. The second-order valence-corrected chi connectivity index (χ2v) is 16.9. The Morgan fingerprint density at radius 2 is 0.447 bits per heavy atom. The van der Waals surface area contributed by atoms with Crippen LogP contribution in [-0.4, -0.2) is 0 Å². The number of hydrogen-bond donors (Lipinski definition) is 0. The number of hydrogen-bond acceptors (Lipinski definition) is 0. The third-order valence-electron chi connectivity index (χ3n) is 3.62. The maximum Gasteiger partial charge on any atom is 2.00 e. The van der Waals surface area contributed by atoms with Crippen LogP contribution in [0.5, 0.6) is 0 Å². The molecule has 0 amide bonds. The molecule has 0 aromatic rings. The van der Waals surface area contributed by atoms with Crippen LogP contribution in [0.3, 0.4) is 0 Å². The van der Waals surface area contributed by atoms with Gasteiger partial charge in [0.1, 0.15) is 0 Å². The van der Waals surface area contributed by atoms with Gasteiger partial charge in [-0.3, -0.25) is 0 Å². The van der Waals surface area contributed by atoms with E-state index < -0.39 is 0 Å². The molecular formula is C34H74V3W-2. The van der Waals surface area contributed by atoms with Crippen LogP contribution in [0.4, 0.5) is 0 Å². The topological polar surface area (TPSA) is 0 Å². The van der Waals surface area contributed by atoms with Gasteiger partial charge in [0.2, 0.25) is 0 Å². The van der Waals surface area contributed by atoms with Gasteiger partial charge in [0.25, 0.3) is 0 Å². The Bertz CT molecular complexity index is 350. The molecule has 0 saturated heterocycles. The molecule has 0 saturated carbocycles. The van der Waals surface area contributed by atoms with Gasteiger partial charge in [0.05, 0.1) is 0 Å². The van der Waals surface area contributed by atoms with Crippen molar-refractivity contribution in [2.45, 2.75) is 171 Å². The average molecular weight is 820 g/mol. The first-order valence-corrected chi connectivity index (χ1v) is 13.3. The van der Waals surface area contributed by atoms with Gasteiger partial charge in [0.15, 0.2) is 0 Å². The van der Waals surface area contributed by atoms with Gasteiger partial charge < -0.3 is 25.2 Å². The van der Waals surface area contributed by atoms with E-state index in [9.17, 15) is 0 Å². The largest absolute Gasteiger partial charge is 2.00 e. The first-order valence-electron chi connectivity index (χ1n) is 13.3. The van der Waals surface area contributed by atoms with Crippen molar-refractivity contribution >= 4 is 0 Å². The van der Waals surface area contributed by atoms with Gasteiger partial charge >= 0.3 is 18.6 Å². The zero-order valence-corrected chi connectivity index (χ0v) is 37.7. The fourth-order valence-corrected chi connectivity index (χ4v) is 4.87. The molecule has 38 heavy (non-hydrogen) atoms. The summed E-state index contributed by atoms with van der Waals surface area (Å²) in [6, 6.07) is 0. The molecule has 0 aliphatic heterocycles. The third-order valence-corrected chi connectivity index (χ3v) is 3.62. The quantitative estimate of drug-likeness (QED) is 0.248. The van der Waals surface area contributed by atoms with E-state index in [0.29, 0.717) is 27.1 Å². The smallest absolute Gasteiger partial charge is 0.358 e. The average Bonchev–Trinajstić information content (AvgIpc) is 2.24. The molecule has 3 radical (unpaired) electrons. The molecule has 0 nitrogen and oxygen atoms in total. The van der Waals surface area contributed by atoms with Crippen LogP contribution < -0.4 is 0 Å². The first-order chi connectivity index (χ1) is 14.0. The third kappa shape index (κ3) is 77.1. The minimum atomic E-state index is 0. The van der Waals surface area contributed by atoms with Crippen molar-refractivity contribution in [3.05, 3.63) is 25.2 Å². The van der Waals surface area contributed by atoms with Crippen molar-refractivity contribution < 1.29 is 76.7 Å². The van der Waals surface area contributed by atoms with Gasteiger partial charge in [-0.05, 0) is 52.8 Å². The molecule has 0 aromatic heterocycles. The number of rotatable bonds is 4. The molecule has 4 heteroatoms. The Morgan fingerprint density at radius 1 is 0.368 bits per heavy atom. The summed E-state index contributed by atoms with van der Waals surface area (Å²) in [7, 11) is 0. The van der Waals surface area contributed by atoms with Crippen molar-refractivity contribution in [3.63, 3.8) is 0 Å². The van der Waals surface area contributed by atoms with E-state index in [4.69, 9.17) is 0 Å². The zero-order chi connectivity index (χ0) is 28.1. The van der Waals surface area contributed by atoms with E-state index in [2.05, 4.69) is 145 Å². The van der Waals surface area contributed by atoms with Crippen LogP contribution in [0.2, 0.25) is 0 Å². The van der Waals surface area contributed by atoms with Gasteiger partial charge in [-0.15, -0.1) is 0 Å². The Labute approximate surface area is 297 Å². The summed E-state index contributed by atoms with van der Waals surface area (Å²) in [5.74, 6) is 4.25. The van der Waals surface area contributed by atoms with Crippen LogP contribution in [0.15, 0.2) is 0 Å². The van der Waals surface area contributed by atoms with E-state index in [0.717, 1.165) is 0 Å². The van der Waals surface area contributed by atoms with E-state index in [-0.39, 0.29) is 84.2 Å². The van der Waals surface area contributed by atoms with Gasteiger partial charge in [-0.25, -0.2) is 0 Å². The summed E-state index contributed by atoms with van der Waals surface area (Å²) in [4.78, 5) is 0. The van der Waals surface area contributed by atoms with Gasteiger partial charge in [0, 0.05) is 58.2 Å². The van der Waals surface area contributed by atoms with Gasteiger partial charge in [-0.2, -0.15) is 62.3 Å². The van der Waals surface area contributed by atoms with E-state index >= 15 is 0 Å². The molecular weight excluding hydrogens is 745 g/mol. The van der Waals surface area contributed by atoms with Gasteiger partial charge in [-0.1, -0.05) is 83.1 Å². The zero-order valence-electron chi connectivity index (χ0n) is 30.6. The first kappa shape index (κ1) is 63.6. The maximum absolute atomic E-state index is 2.41. The van der Waals surface area contributed by atoms with E-state index in [1.165, 1.54) is 43.4 Å². The molecule has 233 valence electrons. The Kier molecular flexibility index (Phi) is 47.3. The fraction of sp³-hybridized carbons (Fsp3) is 0.882. The van der Waals surface area contributed by atoms with E-state index in [1.807, 2.05) is 0 Å². The summed E-state index contributed by atoms with van der Waals surface area (Å²) in [5, 5.41) is 0. The minimum Gasteiger partial charge on any atom is -0.358 e. The van der Waals surface area contributed by atoms with Crippen LogP contribution in [0.1, 0.15) is 171 Å². The predicted molar refractivity (Wildman–Crippen MR) is 166 cm³/mol. The van der Waals surface area contributed by atoms with Crippen LogP contribution in [-0.2, 0) is 76.7 Å². The molecule has 0 aliphatic carbocycles. The minimum absolute atomic E-state index is 0. The van der Waals surface area contributed by atoms with Crippen molar-refractivity contribution in [2.24, 2.45) is 27.1 Å². The van der Waals surface area contributed by atoms with Crippen LogP contribution in [0.25, 0.3) is 0 Å². The molecule has 0 rings (SSSR count). The molecule has 0 aliphatic rings. The Morgan fingerprint density at radius 3 is 0.500 bits per heavy atom. The SMILES string of the molecule is CC(C)(C)CC(CC(C)(C)C)(CC(C)(C)C)CC(C)(C)C.C[C-](C)C.C[C-](C)C.C[C-](C)C.[CH3-].[V+2].[V].[V].[W].